The fourth-order valence-electron chi connectivity index (χ4n) is 6.54. The summed E-state index contributed by atoms with van der Waals surface area (Å²) in [6.07, 6.45) is 10.5. The van der Waals surface area contributed by atoms with Crippen molar-refractivity contribution in [2.75, 3.05) is 19.3 Å². The number of piperidine rings is 1. The van der Waals surface area contributed by atoms with Crippen LogP contribution in [0.2, 0.25) is 0 Å². The maximum atomic E-state index is 14.1. The summed E-state index contributed by atoms with van der Waals surface area (Å²) in [5.74, 6) is 1.91. The van der Waals surface area contributed by atoms with Gasteiger partial charge in [0.05, 0.1) is 16.5 Å². The average Bonchev–Trinajstić information content (AvgIpc) is 3.65. The van der Waals surface area contributed by atoms with E-state index in [1.807, 2.05) is 48.1 Å². The molecule has 1 N–H and O–H groups in total. The van der Waals surface area contributed by atoms with Crippen molar-refractivity contribution in [2.45, 2.75) is 50.0 Å². The number of nitriles is 1. The molecule has 0 bridgehead atoms. The van der Waals surface area contributed by atoms with Crippen LogP contribution < -0.4 is 5.56 Å². The van der Waals surface area contributed by atoms with Crippen molar-refractivity contribution < 1.29 is 8.42 Å². The highest BCUT2D eigenvalue weighted by Gasteiger charge is 2.28. The molecule has 2 aliphatic rings. The van der Waals surface area contributed by atoms with Crippen LogP contribution in [0.5, 0.6) is 0 Å². The van der Waals surface area contributed by atoms with E-state index in [0.717, 1.165) is 60.4 Å². The Labute approximate surface area is 261 Å². The first-order valence-electron chi connectivity index (χ1n) is 15.3. The Kier molecular flexibility index (Phi) is 7.22. The Morgan fingerprint density at radius 2 is 1.93 bits per heavy atom. The van der Waals surface area contributed by atoms with Gasteiger partial charge in [-0.15, -0.1) is 0 Å². The second-order valence-corrected chi connectivity index (χ2v) is 14.6. The topological polar surface area (TPSA) is 130 Å². The number of benzene rings is 1. The number of rotatable bonds is 7. The van der Waals surface area contributed by atoms with Gasteiger partial charge in [0, 0.05) is 73.2 Å². The van der Waals surface area contributed by atoms with Crippen LogP contribution in [0.4, 0.5) is 0 Å². The predicted octanol–water partition coefficient (Wildman–Crippen LogP) is 5.17. The van der Waals surface area contributed by atoms with E-state index in [2.05, 4.69) is 27.9 Å². The number of hydrogen-bond acceptors (Lipinski definition) is 7. The van der Waals surface area contributed by atoms with E-state index in [1.54, 1.807) is 12.3 Å². The number of aryl methyl sites for hydroxylation is 1. The number of aromatic amines is 1. The fraction of sp³-hybridized carbons (Fsp3) is 0.353. The van der Waals surface area contributed by atoms with Gasteiger partial charge in [-0.3, -0.25) is 14.3 Å². The van der Waals surface area contributed by atoms with Crippen LogP contribution in [0.15, 0.2) is 64.7 Å². The lowest BCUT2D eigenvalue weighted by Gasteiger charge is -2.30. The highest BCUT2D eigenvalue weighted by molar-refractivity contribution is 7.91. The Morgan fingerprint density at radius 3 is 2.62 bits per heavy atom. The monoisotopic (exact) mass is 621 g/mol. The Bertz CT molecular complexity index is 2170. The number of hydrogen-bond donors (Lipinski definition) is 1. The minimum Gasteiger partial charge on any atom is -0.353 e. The molecule has 4 aromatic heterocycles. The lowest BCUT2D eigenvalue weighted by molar-refractivity contribution is 0.175. The number of pyridine rings is 2. The SMILES string of the molecule is C[C@H]1CCCN(Cc2cc3c(S(C)(=O)=O)cn(-c4cc(-c5ccc(C#N)cc5-c5nccn5C)cc(C5CC5)n4)c(=O)c3[nH]2)C1. The molecule has 1 saturated heterocycles. The molecule has 230 valence electrons. The van der Waals surface area contributed by atoms with Crippen LogP contribution >= 0.6 is 0 Å². The number of sulfone groups is 1. The molecule has 5 heterocycles. The normalized spacial score (nSPS) is 17.5. The highest BCUT2D eigenvalue weighted by Crippen LogP contribution is 2.42. The van der Waals surface area contributed by atoms with Crippen LogP contribution in [0.3, 0.4) is 0 Å². The molecule has 1 aliphatic heterocycles. The molecule has 7 rings (SSSR count). The van der Waals surface area contributed by atoms with E-state index in [1.165, 1.54) is 23.4 Å². The summed E-state index contributed by atoms with van der Waals surface area (Å²) in [7, 11) is -1.79. The minimum atomic E-state index is -3.69. The van der Waals surface area contributed by atoms with Crippen molar-refractivity contribution in [2.24, 2.45) is 13.0 Å². The van der Waals surface area contributed by atoms with Crippen molar-refractivity contribution in [3.05, 3.63) is 82.3 Å². The zero-order valence-electron chi connectivity index (χ0n) is 25.6. The van der Waals surface area contributed by atoms with E-state index in [4.69, 9.17) is 4.98 Å². The molecule has 11 heteroatoms. The number of nitrogens with zero attached hydrogens (tertiary/aromatic N) is 6. The van der Waals surface area contributed by atoms with Gasteiger partial charge in [0.2, 0.25) is 0 Å². The maximum absolute atomic E-state index is 14.1. The fourth-order valence-corrected chi connectivity index (χ4v) is 7.40. The summed E-state index contributed by atoms with van der Waals surface area (Å²) in [5, 5.41) is 10.0. The number of likely N-dealkylation sites (tertiary alicyclic amines) is 1. The molecule has 0 radical (unpaired) electrons. The molecule has 1 atom stereocenters. The summed E-state index contributed by atoms with van der Waals surface area (Å²) in [5.41, 5.74) is 4.49. The maximum Gasteiger partial charge on any atom is 0.280 e. The van der Waals surface area contributed by atoms with Gasteiger partial charge in [-0.1, -0.05) is 13.0 Å². The van der Waals surface area contributed by atoms with Crippen LogP contribution in [-0.2, 0) is 23.4 Å². The summed E-state index contributed by atoms with van der Waals surface area (Å²) >= 11 is 0. The third kappa shape index (κ3) is 5.60. The van der Waals surface area contributed by atoms with E-state index in [0.29, 0.717) is 35.1 Å². The second kappa shape index (κ2) is 11.1. The van der Waals surface area contributed by atoms with Crippen molar-refractivity contribution in [1.29, 1.82) is 5.26 Å². The quantitative estimate of drug-likeness (QED) is 0.266. The molecular weight excluding hydrogens is 586 g/mol. The lowest BCUT2D eigenvalue weighted by Crippen LogP contribution is -2.33. The van der Waals surface area contributed by atoms with E-state index >= 15 is 0 Å². The Morgan fingerprint density at radius 1 is 1.11 bits per heavy atom. The van der Waals surface area contributed by atoms with Crippen molar-refractivity contribution in [1.82, 2.24) is 29.0 Å². The highest BCUT2D eigenvalue weighted by atomic mass is 32.2. The van der Waals surface area contributed by atoms with Crippen molar-refractivity contribution >= 4 is 20.7 Å². The largest absolute Gasteiger partial charge is 0.353 e. The number of aromatic nitrogens is 5. The molecule has 0 unspecified atom stereocenters. The van der Waals surface area contributed by atoms with Gasteiger partial charge in [-0.25, -0.2) is 18.4 Å². The van der Waals surface area contributed by atoms with Gasteiger partial charge in [-0.05, 0) is 79.6 Å². The first-order chi connectivity index (χ1) is 21.6. The van der Waals surface area contributed by atoms with Gasteiger partial charge < -0.3 is 9.55 Å². The zero-order chi connectivity index (χ0) is 31.5. The summed E-state index contributed by atoms with van der Waals surface area (Å²) in [6, 6.07) is 13.4. The number of imidazole rings is 1. The molecule has 1 aromatic carbocycles. The summed E-state index contributed by atoms with van der Waals surface area (Å²) in [6.45, 7) is 4.80. The first-order valence-corrected chi connectivity index (χ1v) is 17.2. The van der Waals surface area contributed by atoms with Gasteiger partial charge in [0.1, 0.15) is 17.2 Å². The molecule has 2 fully saturated rings. The molecule has 1 saturated carbocycles. The Balaban J connectivity index is 1.40. The van der Waals surface area contributed by atoms with Gasteiger partial charge in [0.25, 0.3) is 5.56 Å². The predicted molar refractivity (Wildman–Crippen MR) is 173 cm³/mol. The number of H-pyrrole nitrogens is 1. The molecule has 5 aromatic rings. The summed E-state index contributed by atoms with van der Waals surface area (Å²) < 4.78 is 29.5. The molecule has 0 amide bonds. The number of nitrogens with one attached hydrogen (secondary N) is 1. The average molecular weight is 622 g/mol. The molecule has 45 heavy (non-hydrogen) atoms. The smallest absolute Gasteiger partial charge is 0.280 e. The van der Waals surface area contributed by atoms with Gasteiger partial charge in [-0.2, -0.15) is 5.26 Å². The molecule has 0 spiro atoms. The Hall–Kier alpha value is -4.53. The van der Waals surface area contributed by atoms with Crippen LogP contribution in [0.1, 0.15) is 55.5 Å². The molecule has 1 aliphatic carbocycles. The molecular formula is C34H35N7O3S. The third-order valence-corrected chi connectivity index (χ3v) is 10.1. The number of fused-ring (bicyclic) bond motifs is 1. The van der Waals surface area contributed by atoms with Crippen LogP contribution in [-0.4, -0.2) is 56.7 Å². The second-order valence-electron chi connectivity index (χ2n) is 12.7. The van der Waals surface area contributed by atoms with Gasteiger partial charge >= 0.3 is 0 Å². The zero-order valence-corrected chi connectivity index (χ0v) is 26.4. The lowest BCUT2D eigenvalue weighted by atomic mass is 9.96. The van der Waals surface area contributed by atoms with E-state index in [-0.39, 0.29) is 21.9 Å². The van der Waals surface area contributed by atoms with Crippen LogP contribution in [0.25, 0.3) is 39.2 Å². The summed E-state index contributed by atoms with van der Waals surface area (Å²) in [4.78, 5) is 29.3. The van der Waals surface area contributed by atoms with Crippen molar-refractivity contribution in [3.63, 3.8) is 0 Å². The van der Waals surface area contributed by atoms with E-state index < -0.39 is 9.84 Å². The standard InChI is InChI=1S/C34H35N7O3S/c1-21-5-4-11-40(18-21)19-25-16-28-30(45(3,43)44)20-41(34(42)32(28)37-25)31-15-24(14-29(38-31)23-7-8-23)26-9-6-22(17-35)13-27(26)33-36-10-12-39(33)2/h6,9-10,12-16,20-21,23,37H,4-5,7-8,11,18-19H2,1-3H3/t21-/m0/s1. The van der Waals surface area contributed by atoms with Gasteiger partial charge in [0.15, 0.2) is 9.84 Å². The first kappa shape index (κ1) is 29.2. The minimum absolute atomic E-state index is 0.0823. The van der Waals surface area contributed by atoms with Crippen molar-refractivity contribution in [3.8, 4) is 34.4 Å². The third-order valence-electron chi connectivity index (χ3n) is 8.95. The van der Waals surface area contributed by atoms with Crippen LogP contribution in [0, 0.1) is 17.2 Å². The molecule has 10 nitrogen and oxygen atoms in total. The van der Waals surface area contributed by atoms with E-state index in [9.17, 15) is 18.5 Å².